The van der Waals surface area contributed by atoms with Gasteiger partial charge in [0.25, 0.3) is 0 Å². The largest absolute Gasteiger partial charge is 0.325 e. The number of hydrogen-bond acceptors (Lipinski definition) is 3. The molecule has 0 radical (unpaired) electrons. The molecule has 5 heteroatoms. The van der Waals surface area contributed by atoms with Crippen LogP contribution in [0.5, 0.6) is 0 Å². The zero-order valence-corrected chi connectivity index (χ0v) is 10.8. The van der Waals surface area contributed by atoms with Crippen LogP contribution in [0.4, 0.5) is 0 Å². The fourth-order valence-corrected chi connectivity index (χ4v) is 2.16. The summed E-state index contributed by atoms with van der Waals surface area (Å²) in [5, 5.41) is 0. The molecule has 3 rings (SSSR count). The average Bonchev–Trinajstić information content (AvgIpc) is 2.77. The highest BCUT2D eigenvalue weighted by Crippen LogP contribution is 2.26. The number of imidazole rings is 1. The first-order valence-corrected chi connectivity index (χ1v) is 6.19. The van der Waals surface area contributed by atoms with Gasteiger partial charge in [0.1, 0.15) is 5.52 Å². The number of aromatic nitrogens is 4. The number of H-pyrrole nitrogens is 2. The third-order valence-electron chi connectivity index (χ3n) is 3.09. The Bertz CT molecular complexity index is 785. The number of benzene rings is 1. The van der Waals surface area contributed by atoms with Crippen molar-refractivity contribution in [1.82, 2.24) is 19.9 Å². The quantitative estimate of drug-likeness (QED) is 0.737. The fourth-order valence-electron chi connectivity index (χ4n) is 2.16. The van der Waals surface area contributed by atoms with Gasteiger partial charge in [0.05, 0.1) is 6.20 Å². The molecule has 19 heavy (non-hydrogen) atoms. The van der Waals surface area contributed by atoms with Crippen LogP contribution in [-0.4, -0.2) is 19.9 Å². The third kappa shape index (κ3) is 2.03. The van der Waals surface area contributed by atoms with Crippen LogP contribution in [0.25, 0.3) is 22.6 Å². The van der Waals surface area contributed by atoms with Crippen molar-refractivity contribution in [2.24, 2.45) is 0 Å². The zero-order valence-electron chi connectivity index (χ0n) is 10.8. The van der Waals surface area contributed by atoms with Crippen molar-refractivity contribution in [1.29, 1.82) is 0 Å². The second-order valence-electron chi connectivity index (χ2n) is 4.78. The molecule has 0 amide bonds. The maximum atomic E-state index is 11.2. The Hall–Kier alpha value is -2.43. The topological polar surface area (TPSA) is 74.4 Å². The van der Waals surface area contributed by atoms with E-state index in [2.05, 4.69) is 39.8 Å². The van der Waals surface area contributed by atoms with Crippen molar-refractivity contribution in [3.8, 4) is 11.4 Å². The van der Waals surface area contributed by atoms with E-state index in [-0.39, 0.29) is 5.69 Å². The summed E-state index contributed by atoms with van der Waals surface area (Å²) in [6.45, 7) is 4.27. The first-order valence-electron chi connectivity index (χ1n) is 6.19. The number of nitrogens with zero attached hydrogens (tertiary/aromatic N) is 2. The Morgan fingerprint density at radius 1 is 1.16 bits per heavy atom. The van der Waals surface area contributed by atoms with E-state index >= 15 is 0 Å². The second kappa shape index (κ2) is 4.35. The van der Waals surface area contributed by atoms with Crippen LogP contribution in [0.3, 0.4) is 0 Å². The van der Waals surface area contributed by atoms with E-state index < -0.39 is 0 Å². The van der Waals surface area contributed by atoms with Crippen LogP contribution in [0, 0.1) is 0 Å². The van der Waals surface area contributed by atoms with Crippen molar-refractivity contribution >= 4 is 11.2 Å². The molecule has 0 saturated carbocycles. The Kier molecular flexibility index (Phi) is 2.67. The molecule has 0 bridgehead atoms. The van der Waals surface area contributed by atoms with E-state index in [1.165, 1.54) is 5.56 Å². The first kappa shape index (κ1) is 11.6. The molecule has 0 spiro atoms. The number of hydrogen-bond donors (Lipinski definition) is 2. The van der Waals surface area contributed by atoms with Gasteiger partial charge in [-0.05, 0) is 11.5 Å². The van der Waals surface area contributed by atoms with Gasteiger partial charge in [0.2, 0.25) is 0 Å². The van der Waals surface area contributed by atoms with Gasteiger partial charge in [0.15, 0.2) is 11.5 Å². The molecule has 3 aromatic rings. The third-order valence-corrected chi connectivity index (χ3v) is 3.09. The molecule has 0 atom stereocenters. The molecule has 5 nitrogen and oxygen atoms in total. The normalized spacial score (nSPS) is 11.3. The van der Waals surface area contributed by atoms with Crippen LogP contribution in [0.2, 0.25) is 0 Å². The summed E-state index contributed by atoms with van der Waals surface area (Å²) in [6, 6.07) is 8.05. The first-order chi connectivity index (χ1) is 9.15. The van der Waals surface area contributed by atoms with Gasteiger partial charge in [-0.15, -0.1) is 0 Å². The Morgan fingerprint density at radius 3 is 2.74 bits per heavy atom. The van der Waals surface area contributed by atoms with Gasteiger partial charge in [-0.1, -0.05) is 38.1 Å². The predicted molar refractivity (Wildman–Crippen MR) is 74.0 cm³/mol. The monoisotopic (exact) mass is 254 g/mol. The van der Waals surface area contributed by atoms with Gasteiger partial charge in [-0.25, -0.2) is 14.8 Å². The molecule has 2 heterocycles. The second-order valence-corrected chi connectivity index (χ2v) is 4.78. The highest BCUT2D eigenvalue weighted by atomic mass is 16.1. The van der Waals surface area contributed by atoms with Gasteiger partial charge in [-0.3, -0.25) is 4.98 Å². The highest BCUT2D eigenvalue weighted by molar-refractivity contribution is 5.72. The van der Waals surface area contributed by atoms with Gasteiger partial charge >= 0.3 is 5.69 Å². The lowest BCUT2D eigenvalue weighted by molar-refractivity contribution is 0.866. The smallest absolute Gasteiger partial charge is 0.303 e. The van der Waals surface area contributed by atoms with E-state index in [9.17, 15) is 4.79 Å². The van der Waals surface area contributed by atoms with Crippen LogP contribution in [0.15, 0.2) is 35.3 Å². The molecule has 2 N–H and O–H groups in total. The molecule has 0 aliphatic carbocycles. The van der Waals surface area contributed by atoms with Crippen molar-refractivity contribution in [2.45, 2.75) is 19.8 Å². The van der Waals surface area contributed by atoms with Crippen LogP contribution >= 0.6 is 0 Å². The Balaban J connectivity index is 2.21. The van der Waals surface area contributed by atoms with Gasteiger partial charge < -0.3 is 4.98 Å². The van der Waals surface area contributed by atoms with Crippen LogP contribution < -0.4 is 5.69 Å². The van der Waals surface area contributed by atoms with E-state index in [4.69, 9.17) is 0 Å². The SMILES string of the molecule is CC(C)c1ccccc1-c1ncc2[nH]c(=O)[nH]c2n1. The lowest BCUT2D eigenvalue weighted by Gasteiger charge is -2.11. The molecule has 96 valence electrons. The summed E-state index contributed by atoms with van der Waals surface area (Å²) < 4.78 is 0. The minimum atomic E-state index is -0.265. The standard InChI is InChI=1S/C14H14N4O/c1-8(2)9-5-3-4-6-10(9)12-15-7-11-13(17-12)18-14(19)16-11/h3-8H,1-2H3,(H2,15,16,17,18,19). The number of rotatable bonds is 2. The van der Waals surface area contributed by atoms with E-state index in [1.54, 1.807) is 6.20 Å². The minimum Gasteiger partial charge on any atom is -0.303 e. The molecule has 1 aromatic carbocycles. The number of nitrogens with one attached hydrogen (secondary N) is 2. The summed E-state index contributed by atoms with van der Waals surface area (Å²) in [4.78, 5) is 25.3. The van der Waals surface area contributed by atoms with Crippen molar-refractivity contribution in [2.75, 3.05) is 0 Å². The molecule has 2 aromatic heterocycles. The number of fused-ring (bicyclic) bond motifs is 1. The summed E-state index contributed by atoms with van der Waals surface area (Å²) in [6.07, 6.45) is 1.63. The lowest BCUT2D eigenvalue weighted by Crippen LogP contribution is -1.99. The van der Waals surface area contributed by atoms with Crippen molar-refractivity contribution < 1.29 is 0 Å². The summed E-state index contributed by atoms with van der Waals surface area (Å²) in [5.74, 6) is 1.02. The lowest BCUT2D eigenvalue weighted by atomic mass is 9.97. The fraction of sp³-hybridized carbons (Fsp3) is 0.214. The Labute approximate surface area is 109 Å². The predicted octanol–water partition coefficient (Wildman–Crippen LogP) is 2.44. The molecular formula is C14H14N4O. The van der Waals surface area contributed by atoms with Gasteiger partial charge in [0, 0.05) is 5.56 Å². The number of aromatic amines is 2. The van der Waals surface area contributed by atoms with E-state index in [0.717, 1.165) is 5.56 Å². The zero-order chi connectivity index (χ0) is 13.4. The molecule has 0 unspecified atom stereocenters. The molecule has 0 aliphatic rings. The van der Waals surface area contributed by atoms with Crippen molar-refractivity contribution in [3.05, 3.63) is 46.5 Å². The van der Waals surface area contributed by atoms with E-state index in [1.807, 2.05) is 18.2 Å². The molecule has 0 saturated heterocycles. The summed E-state index contributed by atoms with van der Waals surface area (Å²) >= 11 is 0. The maximum absolute atomic E-state index is 11.2. The average molecular weight is 254 g/mol. The summed E-state index contributed by atoms with van der Waals surface area (Å²) in [7, 11) is 0. The molecular weight excluding hydrogens is 240 g/mol. The minimum absolute atomic E-state index is 0.265. The van der Waals surface area contributed by atoms with Gasteiger partial charge in [-0.2, -0.15) is 0 Å². The maximum Gasteiger partial charge on any atom is 0.325 e. The van der Waals surface area contributed by atoms with E-state index in [0.29, 0.717) is 22.9 Å². The molecule has 0 aliphatic heterocycles. The van der Waals surface area contributed by atoms with Crippen molar-refractivity contribution in [3.63, 3.8) is 0 Å². The highest BCUT2D eigenvalue weighted by Gasteiger charge is 2.11. The Morgan fingerprint density at radius 2 is 1.95 bits per heavy atom. The van der Waals surface area contributed by atoms with Crippen LogP contribution in [0.1, 0.15) is 25.3 Å². The molecule has 0 fully saturated rings. The summed E-state index contributed by atoms with van der Waals surface area (Å²) in [5.41, 5.74) is 3.09. The van der Waals surface area contributed by atoms with Crippen LogP contribution in [-0.2, 0) is 0 Å².